The molecule has 0 saturated heterocycles. The van der Waals surface area contributed by atoms with Crippen molar-refractivity contribution in [3.05, 3.63) is 82.3 Å². The molecule has 0 amide bonds. The fraction of sp³-hybridized carbons (Fsp3) is 0.143. The summed E-state index contributed by atoms with van der Waals surface area (Å²) in [7, 11) is 0. The zero-order valence-corrected chi connectivity index (χ0v) is 19.3. The molecule has 0 radical (unpaired) electrons. The van der Waals surface area contributed by atoms with Crippen LogP contribution in [0.15, 0.2) is 66.7 Å². The summed E-state index contributed by atoms with van der Waals surface area (Å²) in [5, 5.41) is 6.90. The Morgan fingerprint density at radius 1 is 0.636 bits per heavy atom. The molecule has 0 aliphatic carbocycles. The molecule has 0 atom stereocenters. The minimum absolute atomic E-state index is 0.131. The molecule has 2 aromatic heterocycles. The van der Waals surface area contributed by atoms with Crippen molar-refractivity contribution in [2.45, 2.75) is 12.8 Å². The number of benzene rings is 4. The van der Waals surface area contributed by atoms with Crippen LogP contribution in [0.3, 0.4) is 0 Å². The molecular weight excluding hydrogens is 451 g/mol. The Morgan fingerprint density at radius 3 is 2.09 bits per heavy atom. The normalized spacial score (nSPS) is 13.5. The average molecular weight is 471 g/mol. The standard InChI is InChI=1S/C28H19FO2S2/c29-26-15-20-6-4-18-13-22-17(14-23(18)28(20)33-26)3-5-19-12-21(32-27(19)22)7-1-16-2-8-24-25(11-16)31-10-9-30-24/h2-6,8,11-15H,1,7,9-10H2. The van der Waals surface area contributed by atoms with Crippen LogP contribution in [0.4, 0.5) is 4.39 Å². The maximum Gasteiger partial charge on any atom is 0.177 e. The van der Waals surface area contributed by atoms with Gasteiger partial charge in [-0.1, -0.05) is 30.3 Å². The van der Waals surface area contributed by atoms with Crippen molar-refractivity contribution < 1.29 is 13.9 Å². The summed E-state index contributed by atoms with van der Waals surface area (Å²) in [6.07, 6.45) is 1.95. The van der Waals surface area contributed by atoms with E-state index in [0.29, 0.717) is 13.2 Å². The van der Waals surface area contributed by atoms with Crippen molar-refractivity contribution in [3.8, 4) is 11.5 Å². The largest absolute Gasteiger partial charge is 0.486 e. The van der Waals surface area contributed by atoms with E-state index < -0.39 is 0 Å². The molecule has 7 rings (SSSR count). The maximum absolute atomic E-state index is 13.9. The van der Waals surface area contributed by atoms with Gasteiger partial charge >= 0.3 is 0 Å². The maximum atomic E-state index is 13.9. The third kappa shape index (κ3) is 3.26. The number of fused-ring (bicyclic) bond motifs is 7. The van der Waals surface area contributed by atoms with Crippen LogP contribution < -0.4 is 9.47 Å². The lowest BCUT2D eigenvalue weighted by molar-refractivity contribution is 0.171. The van der Waals surface area contributed by atoms with E-state index in [9.17, 15) is 4.39 Å². The highest BCUT2D eigenvalue weighted by Gasteiger charge is 2.13. The summed E-state index contributed by atoms with van der Waals surface area (Å²) in [6, 6.07) is 23.2. The lowest BCUT2D eigenvalue weighted by Gasteiger charge is -2.18. The van der Waals surface area contributed by atoms with E-state index in [1.807, 2.05) is 23.5 Å². The number of thiophene rings is 2. The minimum Gasteiger partial charge on any atom is -0.486 e. The zero-order valence-electron chi connectivity index (χ0n) is 17.7. The van der Waals surface area contributed by atoms with Crippen molar-refractivity contribution >= 4 is 64.4 Å². The third-order valence-electron chi connectivity index (χ3n) is 6.41. The van der Waals surface area contributed by atoms with E-state index in [1.54, 1.807) is 6.07 Å². The molecule has 1 aliphatic heterocycles. The predicted octanol–water partition coefficient (Wildman–Crippen LogP) is 8.12. The fourth-order valence-electron chi connectivity index (χ4n) is 4.80. The lowest BCUT2D eigenvalue weighted by Crippen LogP contribution is -2.15. The van der Waals surface area contributed by atoms with Gasteiger partial charge < -0.3 is 9.47 Å². The zero-order chi connectivity index (χ0) is 21.9. The van der Waals surface area contributed by atoms with E-state index in [-0.39, 0.29) is 5.13 Å². The first-order valence-electron chi connectivity index (χ1n) is 11.1. The summed E-state index contributed by atoms with van der Waals surface area (Å²) in [5.41, 5.74) is 1.26. The third-order valence-corrected chi connectivity index (χ3v) is 8.62. The number of ether oxygens (including phenoxy) is 2. The second-order valence-corrected chi connectivity index (χ2v) is 10.6. The van der Waals surface area contributed by atoms with Gasteiger partial charge in [0.2, 0.25) is 0 Å². The van der Waals surface area contributed by atoms with Crippen LogP contribution in [0.25, 0.3) is 41.7 Å². The van der Waals surface area contributed by atoms with E-state index in [0.717, 1.165) is 45.2 Å². The van der Waals surface area contributed by atoms with Crippen molar-refractivity contribution in [1.29, 1.82) is 0 Å². The van der Waals surface area contributed by atoms with Crippen LogP contribution >= 0.6 is 22.7 Å². The fourth-order valence-corrected chi connectivity index (χ4v) is 6.89. The van der Waals surface area contributed by atoms with E-state index >= 15 is 0 Å². The van der Waals surface area contributed by atoms with Crippen molar-refractivity contribution in [2.24, 2.45) is 0 Å². The van der Waals surface area contributed by atoms with Crippen LogP contribution in [-0.2, 0) is 12.8 Å². The molecule has 0 spiro atoms. The van der Waals surface area contributed by atoms with Crippen molar-refractivity contribution in [3.63, 3.8) is 0 Å². The van der Waals surface area contributed by atoms with Gasteiger partial charge in [0.1, 0.15) is 13.2 Å². The van der Waals surface area contributed by atoms with Gasteiger partial charge in [-0.3, -0.25) is 0 Å². The van der Waals surface area contributed by atoms with Gasteiger partial charge in [-0.2, -0.15) is 4.39 Å². The SMILES string of the molecule is Fc1cc2ccc3cc4c(ccc5cc(CCc6ccc7c(c6)OCCO7)sc54)cc3c2s1. The first kappa shape index (κ1) is 19.3. The van der Waals surface area contributed by atoms with E-state index in [1.165, 1.54) is 42.6 Å². The minimum atomic E-state index is -0.131. The van der Waals surface area contributed by atoms with Crippen LogP contribution in [0, 0.1) is 5.13 Å². The predicted molar refractivity (Wildman–Crippen MR) is 137 cm³/mol. The first-order valence-corrected chi connectivity index (χ1v) is 12.7. The van der Waals surface area contributed by atoms with Crippen LogP contribution in [-0.4, -0.2) is 13.2 Å². The topological polar surface area (TPSA) is 18.5 Å². The number of aryl methyl sites for hydroxylation is 2. The molecule has 0 N–H and O–H groups in total. The van der Waals surface area contributed by atoms with Gasteiger partial charge in [-0.25, -0.2) is 0 Å². The summed E-state index contributed by atoms with van der Waals surface area (Å²) >= 11 is 3.11. The quantitative estimate of drug-likeness (QED) is 0.243. The van der Waals surface area contributed by atoms with Crippen LogP contribution in [0.5, 0.6) is 11.5 Å². The molecular formula is C28H19FO2S2. The Kier molecular flexibility index (Phi) is 4.36. The highest BCUT2D eigenvalue weighted by atomic mass is 32.1. The van der Waals surface area contributed by atoms with Crippen molar-refractivity contribution in [2.75, 3.05) is 13.2 Å². The number of rotatable bonds is 3. The molecule has 0 bridgehead atoms. The Bertz CT molecular complexity index is 1700. The summed E-state index contributed by atoms with van der Waals surface area (Å²) in [4.78, 5) is 1.38. The Labute approximate surface area is 197 Å². The summed E-state index contributed by atoms with van der Waals surface area (Å²) < 4.78 is 27.6. The van der Waals surface area contributed by atoms with Gasteiger partial charge in [0.05, 0.1) is 0 Å². The Hall–Kier alpha value is -3.15. The molecule has 162 valence electrons. The van der Waals surface area contributed by atoms with E-state index in [4.69, 9.17) is 9.47 Å². The van der Waals surface area contributed by atoms with Gasteiger partial charge in [-0.15, -0.1) is 22.7 Å². The summed E-state index contributed by atoms with van der Waals surface area (Å²) in [6.45, 7) is 1.23. The van der Waals surface area contributed by atoms with Crippen molar-refractivity contribution in [1.82, 2.24) is 0 Å². The first-order chi connectivity index (χ1) is 16.2. The lowest BCUT2D eigenvalue weighted by atomic mass is 10.0. The molecule has 4 aromatic carbocycles. The number of hydrogen-bond acceptors (Lipinski definition) is 4. The average Bonchev–Trinajstić information content (AvgIpc) is 3.44. The molecule has 3 heterocycles. The molecule has 0 saturated carbocycles. The van der Waals surface area contributed by atoms with Gasteiger partial charge in [0.25, 0.3) is 0 Å². The number of halogens is 1. The molecule has 5 heteroatoms. The van der Waals surface area contributed by atoms with Gasteiger partial charge in [0.15, 0.2) is 16.6 Å². The second kappa shape index (κ2) is 7.44. The molecule has 6 aromatic rings. The highest BCUT2D eigenvalue weighted by molar-refractivity contribution is 7.20. The smallest absolute Gasteiger partial charge is 0.177 e. The Balaban J connectivity index is 1.26. The molecule has 0 fully saturated rings. The van der Waals surface area contributed by atoms with Gasteiger partial charge in [-0.05, 0) is 76.3 Å². The van der Waals surface area contributed by atoms with Crippen LogP contribution in [0.1, 0.15) is 10.4 Å². The monoisotopic (exact) mass is 470 g/mol. The van der Waals surface area contributed by atoms with E-state index in [2.05, 4.69) is 48.5 Å². The summed E-state index contributed by atoms with van der Waals surface area (Å²) in [5.74, 6) is 1.70. The Morgan fingerprint density at radius 2 is 1.30 bits per heavy atom. The van der Waals surface area contributed by atoms with Crippen LogP contribution in [0.2, 0.25) is 0 Å². The molecule has 1 aliphatic rings. The number of hydrogen-bond donors (Lipinski definition) is 0. The molecule has 2 nitrogen and oxygen atoms in total. The second-order valence-electron chi connectivity index (χ2n) is 8.50. The van der Waals surface area contributed by atoms with Gasteiger partial charge in [0, 0.05) is 25.0 Å². The highest BCUT2D eigenvalue weighted by Crippen LogP contribution is 2.39. The molecule has 33 heavy (non-hydrogen) atoms. The molecule has 0 unspecified atom stereocenters.